The maximum atomic E-state index is 11.7. The summed E-state index contributed by atoms with van der Waals surface area (Å²) in [5.74, 6) is -0.114. The van der Waals surface area contributed by atoms with Gasteiger partial charge in [-0.1, -0.05) is 31.9 Å². The molecule has 4 nitrogen and oxygen atoms in total. The van der Waals surface area contributed by atoms with Crippen LogP contribution in [0.4, 0.5) is 0 Å². The van der Waals surface area contributed by atoms with Crippen molar-refractivity contribution in [2.75, 3.05) is 0 Å². The Kier molecular flexibility index (Phi) is 5.58. The van der Waals surface area contributed by atoms with E-state index in [9.17, 15) is 9.90 Å². The molecule has 0 unspecified atom stereocenters. The molecule has 0 atom stereocenters. The maximum Gasteiger partial charge on any atom is 0.262 e. The third-order valence-corrected chi connectivity index (χ3v) is 2.85. The van der Waals surface area contributed by atoms with Crippen molar-refractivity contribution in [3.8, 4) is 5.88 Å². The Bertz CT molecular complexity index is 555. The lowest BCUT2D eigenvalue weighted by molar-refractivity contribution is 0.412. The number of hydrogen-bond acceptors (Lipinski definition) is 3. The van der Waals surface area contributed by atoms with Crippen LogP contribution in [0, 0.1) is 4.77 Å². The van der Waals surface area contributed by atoms with Gasteiger partial charge in [-0.05, 0) is 24.7 Å². The quantitative estimate of drug-likeness (QED) is 0.473. The predicted molar refractivity (Wildman–Crippen MR) is 76.3 cm³/mol. The SMILES string of the molecule is C=CCn1c(O)c(C=CCCCC)c(=O)[nH]c1=S. The molecule has 1 aromatic rings. The zero-order chi connectivity index (χ0) is 13.5. The van der Waals surface area contributed by atoms with Crippen LogP contribution >= 0.6 is 12.2 Å². The second kappa shape index (κ2) is 6.96. The van der Waals surface area contributed by atoms with Crippen LogP contribution in [-0.4, -0.2) is 14.7 Å². The molecule has 0 amide bonds. The molecule has 98 valence electrons. The van der Waals surface area contributed by atoms with Crippen LogP contribution in [0.25, 0.3) is 6.08 Å². The molecule has 0 bridgehead atoms. The van der Waals surface area contributed by atoms with Crippen molar-refractivity contribution < 1.29 is 5.11 Å². The van der Waals surface area contributed by atoms with Crippen LogP contribution < -0.4 is 5.56 Å². The molecule has 0 aliphatic carbocycles. The van der Waals surface area contributed by atoms with Crippen LogP contribution in [0.3, 0.4) is 0 Å². The first-order valence-electron chi connectivity index (χ1n) is 5.95. The maximum absolute atomic E-state index is 11.7. The van der Waals surface area contributed by atoms with Gasteiger partial charge in [0.05, 0.1) is 5.56 Å². The lowest BCUT2D eigenvalue weighted by atomic mass is 10.2. The van der Waals surface area contributed by atoms with Gasteiger partial charge in [-0.3, -0.25) is 14.3 Å². The summed E-state index contributed by atoms with van der Waals surface area (Å²) in [5.41, 5.74) is -0.132. The Hall–Kier alpha value is -1.62. The smallest absolute Gasteiger partial charge is 0.262 e. The lowest BCUT2D eigenvalue weighted by Gasteiger charge is -2.08. The number of aromatic amines is 1. The first-order valence-corrected chi connectivity index (χ1v) is 6.36. The Morgan fingerprint density at radius 2 is 2.28 bits per heavy atom. The molecule has 0 fully saturated rings. The summed E-state index contributed by atoms with van der Waals surface area (Å²) in [6.07, 6.45) is 8.16. The minimum absolute atomic E-state index is 0.114. The molecule has 1 heterocycles. The van der Waals surface area contributed by atoms with E-state index in [0.717, 1.165) is 19.3 Å². The molecule has 0 aliphatic heterocycles. The van der Waals surface area contributed by atoms with Crippen LogP contribution in [0.5, 0.6) is 5.88 Å². The van der Waals surface area contributed by atoms with Crippen molar-refractivity contribution >= 4 is 18.3 Å². The summed E-state index contributed by atoms with van der Waals surface area (Å²) in [5, 5.41) is 10.0. The fourth-order valence-electron chi connectivity index (χ4n) is 1.55. The highest BCUT2D eigenvalue weighted by Crippen LogP contribution is 2.15. The van der Waals surface area contributed by atoms with Gasteiger partial charge >= 0.3 is 0 Å². The van der Waals surface area contributed by atoms with Crippen molar-refractivity contribution in [3.63, 3.8) is 0 Å². The van der Waals surface area contributed by atoms with E-state index in [1.165, 1.54) is 4.57 Å². The summed E-state index contributed by atoms with van der Waals surface area (Å²) in [6, 6.07) is 0. The van der Waals surface area contributed by atoms with Gasteiger partial charge in [-0.25, -0.2) is 0 Å². The second-order valence-electron chi connectivity index (χ2n) is 3.94. The van der Waals surface area contributed by atoms with Crippen molar-refractivity contribution in [3.05, 3.63) is 39.4 Å². The Labute approximate surface area is 111 Å². The number of unbranched alkanes of at least 4 members (excludes halogenated alkanes) is 2. The summed E-state index contributed by atoms with van der Waals surface area (Å²) < 4.78 is 1.63. The molecule has 1 aromatic heterocycles. The van der Waals surface area contributed by atoms with E-state index in [-0.39, 0.29) is 21.8 Å². The molecule has 0 aromatic carbocycles. The highest BCUT2D eigenvalue weighted by atomic mass is 32.1. The number of aromatic hydroxyl groups is 1. The highest BCUT2D eigenvalue weighted by Gasteiger charge is 2.08. The van der Waals surface area contributed by atoms with Crippen molar-refractivity contribution in [2.24, 2.45) is 0 Å². The molecule has 1 rings (SSSR count). The van der Waals surface area contributed by atoms with Gasteiger partial charge in [0, 0.05) is 6.54 Å². The number of aromatic nitrogens is 2. The normalized spacial score (nSPS) is 10.9. The molecule has 5 heteroatoms. The van der Waals surface area contributed by atoms with Gasteiger partial charge in [0.1, 0.15) is 0 Å². The fourth-order valence-corrected chi connectivity index (χ4v) is 1.80. The lowest BCUT2D eigenvalue weighted by Crippen LogP contribution is -2.16. The number of allylic oxidation sites excluding steroid dienone is 2. The van der Waals surface area contributed by atoms with Gasteiger partial charge in [0.15, 0.2) is 4.77 Å². The molecule has 2 N–H and O–H groups in total. The molecular formula is C13H18N2O2S. The standard InChI is InChI=1S/C13H18N2O2S/c1-3-5-6-7-8-10-11(16)14-13(18)15(9-4-2)12(10)17/h4,7-8,17H,2-3,5-6,9H2,1H3,(H,14,16,18). The molecular weight excluding hydrogens is 248 g/mol. The topological polar surface area (TPSA) is 58.0 Å². The zero-order valence-electron chi connectivity index (χ0n) is 10.5. The minimum Gasteiger partial charge on any atom is -0.494 e. The predicted octanol–water partition coefficient (Wildman–Crippen LogP) is 3.00. The van der Waals surface area contributed by atoms with Crippen LogP contribution in [-0.2, 0) is 6.54 Å². The van der Waals surface area contributed by atoms with Gasteiger partial charge in [-0.2, -0.15) is 0 Å². The Balaban J connectivity index is 3.15. The first-order chi connectivity index (χ1) is 8.61. The van der Waals surface area contributed by atoms with Crippen LogP contribution in [0.1, 0.15) is 31.7 Å². The zero-order valence-corrected chi connectivity index (χ0v) is 11.3. The molecule has 0 saturated carbocycles. The molecule has 0 aliphatic rings. The van der Waals surface area contributed by atoms with E-state index in [0.29, 0.717) is 6.54 Å². The third kappa shape index (κ3) is 3.43. The van der Waals surface area contributed by atoms with E-state index >= 15 is 0 Å². The largest absolute Gasteiger partial charge is 0.494 e. The monoisotopic (exact) mass is 266 g/mol. The average Bonchev–Trinajstić information content (AvgIpc) is 2.33. The van der Waals surface area contributed by atoms with Crippen molar-refractivity contribution in [1.29, 1.82) is 0 Å². The molecule has 0 saturated heterocycles. The van der Waals surface area contributed by atoms with Gasteiger partial charge < -0.3 is 5.11 Å². The minimum atomic E-state index is -0.370. The van der Waals surface area contributed by atoms with Gasteiger partial charge in [0.2, 0.25) is 5.88 Å². The third-order valence-electron chi connectivity index (χ3n) is 2.53. The summed E-state index contributed by atoms with van der Waals surface area (Å²) in [6.45, 7) is 6.05. The fraction of sp³-hybridized carbons (Fsp3) is 0.385. The van der Waals surface area contributed by atoms with E-state index in [1.807, 2.05) is 6.08 Å². The summed E-state index contributed by atoms with van der Waals surface area (Å²) in [4.78, 5) is 14.2. The van der Waals surface area contributed by atoms with Gasteiger partial charge in [-0.15, -0.1) is 6.58 Å². The van der Waals surface area contributed by atoms with Crippen molar-refractivity contribution in [2.45, 2.75) is 32.7 Å². The second-order valence-corrected chi connectivity index (χ2v) is 4.33. The molecule has 18 heavy (non-hydrogen) atoms. The summed E-state index contributed by atoms with van der Waals surface area (Å²) in [7, 11) is 0. The summed E-state index contributed by atoms with van der Waals surface area (Å²) >= 11 is 4.98. The van der Waals surface area contributed by atoms with E-state index < -0.39 is 0 Å². The Morgan fingerprint density at radius 3 is 2.89 bits per heavy atom. The highest BCUT2D eigenvalue weighted by molar-refractivity contribution is 7.71. The van der Waals surface area contributed by atoms with E-state index in [2.05, 4.69) is 18.5 Å². The van der Waals surface area contributed by atoms with Crippen molar-refractivity contribution in [1.82, 2.24) is 9.55 Å². The van der Waals surface area contributed by atoms with Gasteiger partial charge in [0.25, 0.3) is 5.56 Å². The number of hydrogen-bond donors (Lipinski definition) is 2. The Morgan fingerprint density at radius 1 is 1.56 bits per heavy atom. The van der Waals surface area contributed by atoms with E-state index in [1.54, 1.807) is 12.2 Å². The first kappa shape index (κ1) is 14.4. The van der Waals surface area contributed by atoms with Crippen LogP contribution in [0.2, 0.25) is 0 Å². The molecule has 0 radical (unpaired) electrons. The van der Waals surface area contributed by atoms with E-state index in [4.69, 9.17) is 12.2 Å². The molecule has 0 spiro atoms. The average molecular weight is 266 g/mol. The van der Waals surface area contributed by atoms with Crippen LogP contribution in [0.15, 0.2) is 23.5 Å². The number of nitrogens with zero attached hydrogens (tertiary/aromatic N) is 1. The number of nitrogens with one attached hydrogen (secondary N) is 1. The number of H-pyrrole nitrogens is 1. The number of rotatable bonds is 6.